The van der Waals surface area contributed by atoms with Crippen molar-refractivity contribution < 1.29 is 4.79 Å². The summed E-state index contributed by atoms with van der Waals surface area (Å²) in [5.41, 5.74) is 3.26. The number of rotatable bonds is 7. The van der Waals surface area contributed by atoms with Gasteiger partial charge in [0.2, 0.25) is 0 Å². The maximum Gasteiger partial charge on any atom is 0.261 e. The first kappa shape index (κ1) is 21.1. The van der Waals surface area contributed by atoms with Gasteiger partial charge in [-0.05, 0) is 50.1 Å². The van der Waals surface area contributed by atoms with E-state index in [-0.39, 0.29) is 11.5 Å². The van der Waals surface area contributed by atoms with E-state index < -0.39 is 0 Å². The lowest BCUT2D eigenvalue weighted by molar-refractivity contribution is 0.0957. The van der Waals surface area contributed by atoms with Crippen LogP contribution >= 0.6 is 11.3 Å². The van der Waals surface area contributed by atoms with Crippen LogP contribution in [0.5, 0.6) is 0 Å². The SMILES string of the molecule is CCN(CCCNC(=O)c1cc2c(=O)n(C)c3ccccc3c2s1)c1cccc(C)c1. The number of pyridine rings is 1. The second-order valence-corrected chi connectivity index (χ2v) is 8.82. The van der Waals surface area contributed by atoms with Crippen molar-refractivity contribution in [1.29, 1.82) is 0 Å². The average molecular weight is 434 g/mol. The summed E-state index contributed by atoms with van der Waals surface area (Å²) in [6.07, 6.45) is 0.850. The van der Waals surface area contributed by atoms with Crippen LogP contribution in [-0.2, 0) is 7.05 Å². The number of fused-ring (bicyclic) bond motifs is 3. The molecule has 31 heavy (non-hydrogen) atoms. The molecule has 0 spiro atoms. The lowest BCUT2D eigenvalue weighted by Gasteiger charge is -2.23. The lowest BCUT2D eigenvalue weighted by Crippen LogP contribution is -2.29. The fourth-order valence-electron chi connectivity index (χ4n) is 3.96. The van der Waals surface area contributed by atoms with Crippen LogP contribution in [0.1, 0.15) is 28.6 Å². The molecule has 6 heteroatoms. The highest BCUT2D eigenvalue weighted by Gasteiger charge is 2.16. The Morgan fingerprint density at radius 1 is 1.10 bits per heavy atom. The maximum absolute atomic E-state index is 12.8. The number of anilines is 1. The summed E-state index contributed by atoms with van der Waals surface area (Å²) in [6, 6.07) is 18.0. The number of para-hydroxylation sites is 1. The van der Waals surface area contributed by atoms with Gasteiger partial charge < -0.3 is 14.8 Å². The molecule has 2 heterocycles. The van der Waals surface area contributed by atoms with Gasteiger partial charge >= 0.3 is 0 Å². The van der Waals surface area contributed by atoms with E-state index in [2.05, 4.69) is 48.3 Å². The summed E-state index contributed by atoms with van der Waals surface area (Å²) in [4.78, 5) is 28.4. The molecule has 2 aromatic carbocycles. The number of carbonyl (C=O) groups excluding carboxylic acids is 1. The Morgan fingerprint density at radius 3 is 2.68 bits per heavy atom. The fourth-order valence-corrected chi connectivity index (χ4v) is 5.06. The molecule has 1 amide bonds. The van der Waals surface area contributed by atoms with Gasteiger partial charge in [0, 0.05) is 42.5 Å². The molecule has 0 aliphatic rings. The summed E-state index contributed by atoms with van der Waals surface area (Å²) >= 11 is 1.39. The molecule has 0 saturated carbocycles. The molecule has 0 bridgehead atoms. The van der Waals surface area contributed by atoms with Crippen molar-refractivity contribution >= 4 is 43.9 Å². The van der Waals surface area contributed by atoms with Gasteiger partial charge in [0.15, 0.2) is 0 Å². The van der Waals surface area contributed by atoms with E-state index in [1.54, 1.807) is 17.7 Å². The number of aromatic nitrogens is 1. The van der Waals surface area contributed by atoms with Crippen LogP contribution < -0.4 is 15.8 Å². The standard InChI is InChI=1S/C25H27N3O2S/c1-4-28(18-10-7-9-17(2)15-18)14-8-13-26-24(29)22-16-20-23(31-22)19-11-5-6-12-21(19)27(3)25(20)30/h5-7,9-12,15-16H,4,8,13-14H2,1-3H3,(H,26,29). The number of aryl methyl sites for hydroxylation is 2. The third kappa shape index (κ3) is 4.21. The van der Waals surface area contributed by atoms with Crippen molar-refractivity contribution in [3.63, 3.8) is 0 Å². The minimum Gasteiger partial charge on any atom is -0.372 e. The Hall–Kier alpha value is -3.12. The number of nitrogens with zero attached hydrogens (tertiary/aromatic N) is 2. The van der Waals surface area contributed by atoms with E-state index >= 15 is 0 Å². The highest BCUT2D eigenvalue weighted by Crippen LogP contribution is 2.30. The molecule has 0 radical (unpaired) electrons. The highest BCUT2D eigenvalue weighted by molar-refractivity contribution is 7.21. The third-order valence-electron chi connectivity index (χ3n) is 5.64. The van der Waals surface area contributed by atoms with E-state index in [0.29, 0.717) is 16.8 Å². The molecule has 0 aliphatic heterocycles. The normalized spacial score (nSPS) is 11.2. The van der Waals surface area contributed by atoms with E-state index in [1.807, 2.05) is 24.3 Å². The Morgan fingerprint density at radius 2 is 1.90 bits per heavy atom. The molecular weight excluding hydrogens is 406 g/mol. The average Bonchev–Trinajstić information content (AvgIpc) is 3.23. The van der Waals surface area contributed by atoms with Crippen molar-refractivity contribution in [2.45, 2.75) is 20.3 Å². The molecule has 5 nitrogen and oxygen atoms in total. The first-order valence-corrected chi connectivity index (χ1v) is 11.4. The molecule has 0 atom stereocenters. The van der Waals surface area contributed by atoms with E-state index in [9.17, 15) is 9.59 Å². The Balaban J connectivity index is 1.45. The summed E-state index contributed by atoms with van der Waals surface area (Å²) in [6.45, 7) is 6.62. The number of benzene rings is 2. The van der Waals surface area contributed by atoms with Crippen molar-refractivity contribution in [2.24, 2.45) is 7.05 Å². The van der Waals surface area contributed by atoms with E-state index in [4.69, 9.17) is 0 Å². The molecule has 2 aromatic heterocycles. The molecule has 160 valence electrons. The second-order valence-electron chi connectivity index (χ2n) is 7.76. The van der Waals surface area contributed by atoms with Crippen LogP contribution in [0, 0.1) is 6.92 Å². The van der Waals surface area contributed by atoms with Gasteiger partial charge in [-0.3, -0.25) is 9.59 Å². The summed E-state index contributed by atoms with van der Waals surface area (Å²) in [7, 11) is 1.77. The van der Waals surface area contributed by atoms with Gasteiger partial charge in [-0.2, -0.15) is 0 Å². The van der Waals surface area contributed by atoms with Gasteiger partial charge in [0.1, 0.15) is 0 Å². The molecule has 0 fully saturated rings. The van der Waals surface area contributed by atoms with E-state index in [1.165, 1.54) is 22.6 Å². The topological polar surface area (TPSA) is 54.3 Å². The minimum atomic E-state index is -0.120. The number of thiophene rings is 1. The van der Waals surface area contributed by atoms with Crippen molar-refractivity contribution in [2.75, 3.05) is 24.5 Å². The van der Waals surface area contributed by atoms with E-state index in [0.717, 1.165) is 35.1 Å². The Labute approximate surface area is 185 Å². The van der Waals surface area contributed by atoms with Gasteiger partial charge in [0.25, 0.3) is 11.5 Å². The lowest BCUT2D eigenvalue weighted by atomic mass is 10.2. The largest absolute Gasteiger partial charge is 0.372 e. The molecule has 4 rings (SSSR count). The zero-order valence-electron chi connectivity index (χ0n) is 18.1. The smallest absolute Gasteiger partial charge is 0.261 e. The number of nitrogens with one attached hydrogen (secondary N) is 1. The van der Waals surface area contributed by atoms with Crippen molar-refractivity contribution in [3.8, 4) is 0 Å². The maximum atomic E-state index is 12.8. The van der Waals surface area contributed by atoms with Gasteiger partial charge in [-0.25, -0.2) is 0 Å². The van der Waals surface area contributed by atoms with Crippen LogP contribution in [0.15, 0.2) is 59.4 Å². The minimum absolute atomic E-state index is 0.0688. The first-order valence-electron chi connectivity index (χ1n) is 10.6. The zero-order chi connectivity index (χ0) is 22.0. The summed E-state index contributed by atoms with van der Waals surface area (Å²) in [5, 5.41) is 4.63. The fraction of sp³-hybridized carbons (Fsp3) is 0.280. The van der Waals surface area contributed by atoms with Crippen LogP contribution in [0.3, 0.4) is 0 Å². The summed E-state index contributed by atoms with van der Waals surface area (Å²) < 4.78 is 2.52. The number of hydrogen-bond acceptors (Lipinski definition) is 4. The quantitative estimate of drug-likeness (QED) is 0.430. The van der Waals surface area contributed by atoms with Gasteiger partial charge in [-0.1, -0.05) is 30.3 Å². The van der Waals surface area contributed by atoms with Gasteiger partial charge in [0.05, 0.1) is 15.8 Å². The Kier molecular flexibility index (Phi) is 6.09. The van der Waals surface area contributed by atoms with Crippen LogP contribution in [0.2, 0.25) is 0 Å². The predicted octanol–water partition coefficient (Wildman–Crippen LogP) is 4.71. The monoisotopic (exact) mass is 433 g/mol. The van der Waals surface area contributed by atoms with Crippen molar-refractivity contribution in [1.82, 2.24) is 9.88 Å². The molecule has 4 aromatic rings. The zero-order valence-corrected chi connectivity index (χ0v) is 19.0. The second kappa shape index (κ2) is 8.94. The predicted molar refractivity (Wildman–Crippen MR) is 131 cm³/mol. The molecular formula is C25H27N3O2S. The Bertz CT molecular complexity index is 1310. The number of amides is 1. The third-order valence-corrected chi connectivity index (χ3v) is 6.81. The highest BCUT2D eigenvalue weighted by atomic mass is 32.1. The molecule has 0 unspecified atom stereocenters. The van der Waals surface area contributed by atoms with Crippen molar-refractivity contribution in [3.05, 3.63) is 75.4 Å². The van der Waals surface area contributed by atoms with Crippen LogP contribution in [0.25, 0.3) is 21.0 Å². The number of carbonyl (C=O) groups is 1. The van der Waals surface area contributed by atoms with Crippen LogP contribution in [-0.4, -0.2) is 30.1 Å². The number of hydrogen-bond donors (Lipinski definition) is 1. The van der Waals surface area contributed by atoms with Crippen LogP contribution in [0.4, 0.5) is 5.69 Å². The van der Waals surface area contributed by atoms with Gasteiger partial charge in [-0.15, -0.1) is 11.3 Å². The summed E-state index contributed by atoms with van der Waals surface area (Å²) in [5.74, 6) is -0.120. The molecule has 0 saturated heterocycles. The first-order chi connectivity index (χ1) is 15.0. The molecule has 1 N–H and O–H groups in total. The molecule has 0 aliphatic carbocycles.